The Hall–Kier alpha value is -2.92. The van der Waals surface area contributed by atoms with Gasteiger partial charge in [0, 0.05) is 12.7 Å². The molecule has 0 aliphatic carbocycles. The molecule has 0 atom stereocenters. The lowest BCUT2D eigenvalue weighted by molar-refractivity contribution is 0.234. The largest absolute Gasteiger partial charge is 0.493 e. The third-order valence-electron chi connectivity index (χ3n) is 4.29. The van der Waals surface area contributed by atoms with Gasteiger partial charge in [-0.2, -0.15) is 0 Å². The molecule has 150 valence electrons. The number of hydrogen-bond donors (Lipinski definition) is 0. The molecule has 28 heavy (non-hydrogen) atoms. The highest BCUT2D eigenvalue weighted by molar-refractivity contribution is 5.85. The maximum absolute atomic E-state index is 5.63. The van der Waals surface area contributed by atoms with E-state index in [4.69, 9.17) is 23.7 Å². The number of allylic oxidation sites excluding steroid dienone is 1. The minimum Gasteiger partial charge on any atom is -0.493 e. The third kappa shape index (κ3) is 5.08. The molecule has 0 radical (unpaired) electrons. The lowest BCUT2D eigenvalue weighted by Gasteiger charge is -2.15. The maximum atomic E-state index is 5.63. The topological polar surface area (TPSA) is 46.2 Å². The molecular weight excluding hydrogens is 356 g/mol. The monoisotopic (exact) mass is 384 g/mol. The van der Waals surface area contributed by atoms with E-state index in [1.165, 1.54) is 0 Å². The van der Waals surface area contributed by atoms with Crippen LogP contribution in [0, 0.1) is 0 Å². The van der Waals surface area contributed by atoms with Crippen molar-refractivity contribution in [3.8, 4) is 23.0 Å². The molecule has 0 bridgehead atoms. The molecule has 0 saturated carbocycles. The van der Waals surface area contributed by atoms with E-state index >= 15 is 0 Å². The van der Waals surface area contributed by atoms with Gasteiger partial charge in [0.2, 0.25) is 0 Å². The van der Waals surface area contributed by atoms with Crippen LogP contribution in [0.2, 0.25) is 0 Å². The van der Waals surface area contributed by atoms with Crippen molar-refractivity contribution in [2.75, 3.05) is 42.2 Å². The lowest BCUT2D eigenvalue weighted by Crippen LogP contribution is -1.96. The maximum Gasteiger partial charge on any atom is 0.168 e. The number of hydrogen-bond acceptors (Lipinski definition) is 5. The highest BCUT2D eigenvalue weighted by Crippen LogP contribution is 2.38. The molecule has 0 amide bonds. The molecule has 0 N–H and O–H groups in total. The predicted molar refractivity (Wildman–Crippen MR) is 114 cm³/mol. The summed E-state index contributed by atoms with van der Waals surface area (Å²) in [7, 11) is 8.20. The number of benzene rings is 2. The molecule has 0 aliphatic rings. The summed E-state index contributed by atoms with van der Waals surface area (Å²) in [5.74, 6) is 2.75. The Kier molecular flexibility index (Phi) is 7.96. The van der Waals surface area contributed by atoms with Crippen molar-refractivity contribution in [3.63, 3.8) is 0 Å². The zero-order chi connectivity index (χ0) is 20.5. The van der Waals surface area contributed by atoms with Crippen LogP contribution in [0.25, 0.3) is 17.7 Å². The Morgan fingerprint density at radius 2 is 1.46 bits per heavy atom. The summed E-state index contributed by atoms with van der Waals surface area (Å²) >= 11 is 0. The molecule has 2 aromatic carbocycles. The SMILES string of the molecule is COC/C=C/c1cc(OC)c(OC)c(/C(C)=C/c2ccc(OC)c(OC)c2)c1. The summed E-state index contributed by atoms with van der Waals surface area (Å²) in [5, 5.41) is 0. The second kappa shape index (κ2) is 10.4. The van der Waals surface area contributed by atoms with Crippen molar-refractivity contribution >= 4 is 17.7 Å². The molecule has 0 spiro atoms. The zero-order valence-electron chi connectivity index (χ0n) is 17.4. The summed E-state index contributed by atoms with van der Waals surface area (Å²) in [4.78, 5) is 0. The molecule has 0 fully saturated rings. The average molecular weight is 384 g/mol. The van der Waals surface area contributed by atoms with Gasteiger partial charge in [0.05, 0.1) is 35.0 Å². The van der Waals surface area contributed by atoms with Crippen molar-refractivity contribution in [1.82, 2.24) is 0 Å². The fraction of sp³-hybridized carbons (Fsp3) is 0.304. The Morgan fingerprint density at radius 3 is 2.07 bits per heavy atom. The van der Waals surface area contributed by atoms with Crippen LogP contribution in [0.4, 0.5) is 0 Å². The van der Waals surface area contributed by atoms with Gasteiger partial charge in [-0.25, -0.2) is 0 Å². The van der Waals surface area contributed by atoms with E-state index in [0.717, 1.165) is 22.3 Å². The molecule has 0 heterocycles. The number of ether oxygens (including phenoxy) is 5. The van der Waals surface area contributed by atoms with Crippen LogP contribution in [0.5, 0.6) is 23.0 Å². The summed E-state index contributed by atoms with van der Waals surface area (Å²) < 4.78 is 27.0. The first kappa shape index (κ1) is 21.4. The summed E-state index contributed by atoms with van der Waals surface area (Å²) in [6.07, 6.45) is 6.03. The van der Waals surface area contributed by atoms with E-state index in [-0.39, 0.29) is 0 Å². The Balaban J connectivity index is 2.51. The van der Waals surface area contributed by atoms with Crippen LogP contribution in [0.3, 0.4) is 0 Å². The van der Waals surface area contributed by atoms with Crippen molar-refractivity contribution in [1.29, 1.82) is 0 Å². The fourth-order valence-electron chi connectivity index (χ4n) is 2.93. The minimum absolute atomic E-state index is 0.546. The normalized spacial score (nSPS) is 11.6. The molecule has 5 heteroatoms. The van der Waals surface area contributed by atoms with Crippen molar-refractivity contribution in [2.45, 2.75) is 6.92 Å². The summed E-state index contributed by atoms with van der Waals surface area (Å²) in [6.45, 7) is 2.58. The first-order valence-electron chi connectivity index (χ1n) is 8.90. The molecular formula is C23H28O5. The van der Waals surface area contributed by atoms with Crippen LogP contribution < -0.4 is 18.9 Å². The molecule has 2 aromatic rings. The van der Waals surface area contributed by atoms with Crippen LogP contribution in [-0.2, 0) is 4.74 Å². The van der Waals surface area contributed by atoms with E-state index in [2.05, 4.69) is 12.1 Å². The summed E-state index contributed by atoms with van der Waals surface area (Å²) in [6, 6.07) is 9.82. The zero-order valence-corrected chi connectivity index (χ0v) is 17.4. The van der Waals surface area contributed by atoms with Crippen LogP contribution in [-0.4, -0.2) is 42.2 Å². The van der Waals surface area contributed by atoms with E-state index < -0.39 is 0 Å². The molecule has 0 unspecified atom stereocenters. The van der Waals surface area contributed by atoms with Crippen molar-refractivity contribution in [2.24, 2.45) is 0 Å². The summed E-state index contributed by atoms with van der Waals surface area (Å²) in [5.41, 5.74) is 3.99. The van der Waals surface area contributed by atoms with Gasteiger partial charge in [0.15, 0.2) is 23.0 Å². The van der Waals surface area contributed by atoms with E-state index in [9.17, 15) is 0 Å². The molecule has 0 aromatic heterocycles. The Morgan fingerprint density at radius 1 is 0.786 bits per heavy atom. The highest BCUT2D eigenvalue weighted by atomic mass is 16.5. The van der Waals surface area contributed by atoms with Gasteiger partial charge < -0.3 is 23.7 Å². The highest BCUT2D eigenvalue weighted by Gasteiger charge is 2.13. The van der Waals surface area contributed by atoms with Gasteiger partial charge in [-0.1, -0.05) is 24.3 Å². The number of rotatable bonds is 9. The van der Waals surface area contributed by atoms with Gasteiger partial charge in [-0.05, 0) is 47.9 Å². The standard InChI is InChI=1S/C23H28O5/c1-16(12-18-9-10-20(25-3)21(14-18)26-4)19-13-17(8-7-11-24-2)15-22(27-5)23(19)28-6/h7-10,12-15H,11H2,1-6H3/b8-7+,16-12+. The van der Waals surface area contributed by atoms with Gasteiger partial charge in [0.1, 0.15) is 0 Å². The second-order valence-corrected chi connectivity index (χ2v) is 6.10. The third-order valence-corrected chi connectivity index (χ3v) is 4.29. The lowest BCUT2D eigenvalue weighted by atomic mass is 9.99. The first-order chi connectivity index (χ1) is 13.6. The average Bonchev–Trinajstić information content (AvgIpc) is 2.72. The Bertz CT molecular complexity index is 852. The van der Waals surface area contributed by atoms with Crippen LogP contribution in [0.15, 0.2) is 36.4 Å². The van der Waals surface area contributed by atoms with Crippen molar-refractivity contribution < 1.29 is 23.7 Å². The van der Waals surface area contributed by atoms with E-state index in [1.54, 1.807) is 35.5 Å². The van der Waals surface area contributed by atoms with Crippen molar-refractivity contribution in [3.05, 3.63) is 53.1 Å². The van der Waals surface area contributed by atoms with Gasteiger partial charge in [0.25, 0.3) is 0 Å². The van der Waals surface area contributed by atoms with E-state index in [1.807, 2.05) is 43.3 Å². The fourth-order valence-corrected chi connectivity index (χ4v) is 2.93. The van der Waals surface area contributed by atoms with Gasteiger partial charge >= 0.3 is 0 Å². The van der Waals surface area contributed by atoms with E-state index in [0.29, 0.717) is 29.6 Å². The van der Waals surface area contributed by atoms with Gasteiger partial charge in [-0.3, -0.25) is 0 Å². The van der Waals surface area contributed by atoms with Crippen LogP contribution in [0.1, 0.15) is 23.6 Å². The minimum atomic E-state index is 0.546. The Labute approximate surface area is 167 Å². The molecule has 0 aliphatic heterocycles. The molecule has 5 nitrogen and oxygen atoms in total. The quantitative estimate of drug-likeness (QED) is 0.573. The molecule has 2 rings (SSSR count). The first-order valence-corrected chi connectivity index (χ1v) is 8.90. The smallest absolute Gasteiger partial charge is 0.168 e. The van der Waals surface area contributed by atoms with Gasteiger partial charge in [-0.15, -0.1) is 0 Å². The van der Waals surface area contributed by atoms with Crippen LogP contribution >= 0.6 is 0 Å². The second-order valence-electron chi connectivity index (χ2n) is 6.10. The predicted octanol–water partition coefficient (Wildman–Crippen LogP) is 4.94. The number of methoxy groups -OCH3 is 5. The molecule has 0 saturated heterocycles.